The van der Waals surface area contributed by atoms with Crippen molar-refractivity contribution in [2.45, 2.75) is 13.0 Å². The topological polar surface area (TPSA) is 90.9 Å². The van der Waals surface area contributed by atoms with Gasteiger partial charge < -0.3 is 19.7 Å². The maximum atomic E-state index is 11.4. The number of benzene rings is 1. The van der Waals surface area contributed by atoms with Gasteiger partial charge in [0.2, 0.25) is 0 Å². The molecular formula is C11H10O5. The number of aromatic hydroxyl groups is 2. The molecule has 16 heavy (non-hydrogen) atoms. The summed E-state index contributed by atoms with van der Waals surface area (Å²) in [5, 5.41) is 28.6. The minimum Gasteiger partial charge on any atom is -0.508 e. The molecule has 2 rings (SSSR count). The van der Waals surface area contributed by atoms with Crippen LogP contribution in [-0.2, 0) is 0 Å². The maximum absolute atomic E-state index is 11.4. The van der Waals surface area contributed by atoms with Gasteiger partial charge in [-0.05, 0) is 13.0 Å². The SMILES string of the molecule is C[C@H](O)c1coc(=O)c2c(O)cc(O)cc12. The van der Waals surface area contributed by atoms with Gasteiger partial charge in [-0.2, -0.15) is 0 Å². The van der Waals surface area contributed by atoms with Crippen LogP contribution in [0.1, 0.15) is 18.6 Å². The number of aliphatic hydroxyl groups excluding tert-OH is 1. The molecule has 1 aromatic heterocycles. The van der Waals surface area contributed by atoms with Gasteiger partial charge in [-0.1, -0.05) is 0 Å². The summed E-state index contributed by atoms with van der Waals surface area (Å²) in [5.74, 6) is -0.552. The third-order valence-electron chi connectivity index (χ3n) is 2.36. The van der Waals surface area contributed by atoms with Crippen LogP contribution in [-0.4, -0.2) is 15.3 Å². The zero-order valence-electron chi connectivity index (χ0n) is 8.47. The largest absolute Gasteiger partial charge is 0.508 e. The second-order valence-electron chi connectivity index (χ2n) is 3.54. The normalized spacial score (nSPS) is 12.9. The number of hydrogen-bond acceptors (Lipinski definition) is 5. The summed E-state index contributed by atoms with van der Waals surface area (Å²) in [5.41, 5.74) is -0.377. The molecule has 0 radical (unpaired) electrons. The molecule has 0 aliphatic carbocycles. The maximum Gasteiger partial charge on any atom is 0.347 e. The molecular weight excluding hydrogens is 212 g/mol. The van der Waals surface area contributed by atoms with E-state index in [2.05, 4.69) is 0 Å². The lowest BCUT2D eigenvalue weighted by atomic mass is 10.0. The Morgan fingerprint density at radius 2 is 2.00 bits per heavy atom. The molecule has 0 aliphatic heterocycles. The van der Waals surface area contributed by atoms with Crippen molar-refractivity contribution in [2.24, 2.45) is 0 Å². The van der Waals surface area contributed by atoms with Crippen molar-refractivity contribution in [3.63, 3.8) is 0 Å². The molecule has 0 saturated carbocycles. The van der Waals surface area contributed by atoms with Gasteiger partial charge in [-0.3, -0.25) is 0 Å². The van der Waals surface area contributed by atoms with Gasteiger partial charge in [-0.25, -0.2) is 4.79 Å². The molecule has 0 bridgehead atoms. The standard InChI is InChI=1S/C11H10O5/c1-5(12)8-4-16-11(15)10-7(8)2-6(13)3-9(10)14/h2-5,12-14H,1H3/t5-/m0/s1. The van der Waals surface area contributed by atoms with Crippen LogP contribution >= 0.6 is 0 Å². The van der Waals surface area contributed by atoms with Crippen molar-refractivity contribution in [1.29, 1.82) is 0 Å². The Morgan fingerprint density at radius 1 is 1.31 bits per heavy atom. The van der Waals surface area contributed by atoms with Crippen LogP contribution in [0.25, 0.3) is 10.8 Å². The van der Waals surface area contributed by atoms with Crippen molar-refractivity contribution in [3.8, 4) is 11.5 Å². The van der Waals surface area contributed by atoms with E-state index in [-0.39, 0.29) is 22.3 Å². The Balaban J connectivity index is 2.98. The van der Waals surface area contributed by atoms with Crippen LogP contribution in [0.3, 0.4) is 0 Å². The van der Waals surface area contributed by atoms with Gasteiger partial charge in [0.15, 0.2) is 0 Å². The molecule has 0 fully saturated rings. The summed E-state index contributed by atoms with van der Waals surface area (Å²) in [6, 6.07) is 2.35. The first-order chi connectivity index (χ1) is 7.50. The highest BCUT2D eigenvalue weighted by atomic mass is 16.4. The predicted octanol–water partition coefficient (Wildman–Crippen LogP) is 1.26. The summed E-state index contributed by atoms with van der Waals surface area (Å²) in [6.07, 6.45) is 0.252. The number of hydrogen-bond donors (Lipinski definition) is 3. The smallest absolute Gasteiger partial charge is 0.347 e. The molecule has 0 spiro atoms. The van der Waals surface area contributed by atoms with Crippen molar-refractivity contribution < 1.29 is 19.7 Å². The van der Waals surface area contributed by atoms with Crippen LogP contribution in [0, 0.1) is 0 Å². The van der Waals surface area contributed by atoms with Crippen LogP contribution in [0.2, 0.25) is 0 Å². The molecule has 0 amide bonds. The van der Waals surface area contributed by atoms with E-state index in [0.717, 1.165) is 12.3 Å². The molecule has 1 aromatic carbocycles. The van der Waals surface area contributed by atoms with Gasteiger partial charge in [0, 0.05) is 17.0 Å². The van der Waals surface area contributed by atoms with Crippen molar-refractivity contribution >= 4 is 10.8 Å². The van der Waals surface area contributed by atoms with E-state index in [9.17, 15) is 20.1 Å². The summed E-state index contributed by atoms with van der Waals surface area (Å²) in [7, 11) is 0. The second kappa shape index (κ2) is 3.53. The van der Waals surface area contributed by atoms with E-state index in [4.69, 9.17) is 4.42 Å². The fourth-order valence-corrected chi connectivity index (χ4v) is 1.62. The van der Waals surface area contributed by atoms with Crippen molar-refractivity contribution in [2.75, 3.05) is 0 Å². The highest BCUT2D eigenvalue weighted by Crippen LogP contribution is 2.31. The molecule has 2 aromatic rings. The highest BCUT2D eigenvalue weighted by Gasteiger charge is 2.14. The van der Waals surface area contributed by atoms with Gasteiger partial charge in [-0.15, -0.1) is 0 Å². The van der Waals surface area contributed by atoms with E-state index in [1.54, 1.807) is 0 Å². The minimum absolute atomic E-state index is 0.0452. The average molecular weight is 222 g/mol. The van der Waals surface area contributed by atoms with E-state index >= 15 is 0 Å². The number of phenols is 2. The van der Waals surface area contributed by atoms with E-state index < -0.39 is 11.7 Å². The Morgan fingerprint density at radius 3 is 2.62 bits per heavy atom. The van der Waals surface area contributed by atoms with Crippen LogP contribution < -0.4 is 5.63 Å². The van der Waals surface area contributed by atoms with Crippen molar-refractivity contribution in [3.05, 3.63) is 34.4 Å². The fraction of sp³-hybridized carbons (Fsp3) is 0.182. The summed E-state index contributed by atoms with van der Waals surface area (Å²) >= 11 is 0. The first-order valence-electron chi connectivity index (χ1n) is 4.66. The summed E-state index contributed by atoms with van der Waals surface area (Å²) in [4.78, 5) is 11.4. The molecule has 1 atom stereocenters. The quantitative estimate of drug-likeness (QED) is 0.675. The lowest BCUT2D eigenvalue weighted by Gasteiger charge is -2.08. The lowest BCUT2D eigenvalue weighted by molar-refractivity contribution is 0.197. The Bertz CT molecular complexity index is 597. The third-order valence-corrected chi connectivity index (χ3v) is 2.36. The van der Waals surface area contributed by atoms with Crippen LogP contribution in [0.15, 0.2) is 27.6 Å². The molecule has 5 nitrogen and oxygen atoms in total. The molecule has 84 valence electrons. The Kier molecular flexibility index (Phi) is 2.32. The number of aliphatic hydroxyl groups is 1. The fourth-order valence-electron chi connectivity index (χ4n) is 1.62. The zero-order chi connectivity index (χ0) is 11.9. The molecule has 0 unspecified atom stereocenters. The third kappa shape index (κ3) is 1.51. The number of rotatable bonds is 1. The van der Waals surface area contributed by atoms with Gasteiger partial charge >= 0.3 is 5.63 Å². The van der Waals surface area contributed by atoms with Gasteiger partial charge in [0.05, 0.1) is 6.10 Å². The lowest BCUT2D eigenvalue weighted by Crippen LogP contribution is -2.03. The van der Waals surface area contributed by atoms with E-state index in [0.29, 0.717) is 5.56 Å². The monoisotopic (exact) mass is 222 g/mol. The Hall–Kier alpha value is -2.01. The Labute approximate surface area is 90.2 Å². The first-order valence-corrected chi connectivity index (χ1v) is 4.66. The first kappa shape index (κ1) is 10.5. The van der Waals surface area contributed by atoms with Crippen LogP contribution in [0.4, 0.5) is 0 Å². The van der Waals surface area contributed by atoms with Crippen LogP contribution in [0.5, 0.6) is 11.5 Å². The average Bonchev–Trinajstić information content (AvgIpc) is 2.15. The molecule has 0 saturated heterocycles. The number of phenolic OH excluding ortho intramolecular Hbond substituents is 2. The summed E-state index contributed by atoms with van der Waals surface area (Å²) in [6.45, 7) is 1.50. The highest BCUT2D eigenvalue weighted by molar-refractivity contribution is 5.90. The van der Waals surface area contributed by atoms with E-state index in [1.165, 1.54) is 13.0 Å². The second-order valence-corrected chi connectivity index (χ2v) is 3.54. The van der Waals surface area contributed by atoms with Gasteiger partial charge in [0.25, 0.3) is 0 Å². The van der Waals surface area contributed by atoms with Gasteiger partial charge in [0.1, 0.15) is 23.1 Å². The van der Waals surface area contributed by atoms with Crippen molar-refractivity contribution in [1.82, 2.24) is 0 Å². The zero-order valence-corrected chi connectivity index (χ0v) is 8.47. The molecule has 0 aliphatic rings. The number of fused-ring (bicyclic) bond motifs is 1. The predicted molar refractivity (Wildman–Crippen MR) is 56.4 cm³/mol. The molecule has 3 N–H and O–H groups in total. The minimum atomic E-state index is -0.868. The van der Waals surface area contributed by atoms with E-state index in [1.807, 2.05) is 0 Å². The summed E-state index contributed by atoms with van der Waals surface area (Å²) < 4.78 is 4.70. The molecule has 5 heteroatoms. The molecule has 1 heterocycles.